The zero-order valence-corrected chi connectivity index (χ0v) is 7.18. The highest BCUT2D eigenvalue weighted by molar-refractivity contribution is 5.96. The van der Waals surface area contributed by atoms with Gasteiger partial charge in [0.1, 0.15) is 17.1 Å². The first-order valence-electron chi connectivity index (χ1n) is 3.94. The van der Waals surface area contributed by atoms with Crippen LogP contribution in [0.1, 0.15) is 12.6 Å². The van der Waals surface area contributed by atoms with Crippen LogP contribution in [0.4, 0.5) is 0 Å². The predicted octanol–water partition coefficient (Wildman–Crippen LogP) is 1.53. The first kappa shape index (κ1) is 7.79. The number of hydrogen-bond acceptors (Lipinski definition) is 3. The van der Waals surface area contributed by atoms with Crippen molar-refractivity contribution in [3.05, 3.63) is 36.3 Å². The van der Waals surface area contributed by atoms with Crippen LogP contribution in [0.3, 0.4) is 0 Å². The SMILES string of the molecule is CC(=NO)c1cn2ccccc2n1. The number of oxime groups is 1. The van der Waals surface area contributed by atoms with Gasteiger partial charge >= 0.3 is 0 Å². The summed E-state index contributed by atoms with van der Waals surface area (Å²) >= 11 is 0. The maximum atomic E-state index is 8.55. The molecule has 2 aromatic heterocycles. The molecule has 0 aliphatic heterocycles. The number of aromatic nitrogens is 2. The molecule has 0 atom stereocenters. The topological polar surface area (TPSA) is 49.9 Å². The fraction of sp³-hybridized carbons (Fsp3) is 0.111. The van der Waals surface area contributed by atoms with Crippen LogP contribution in [-0.4, -0.2) is 20.3 Å². The molecule has 0 aromatic carbocycles. The van der Waals surface area contributed by atoms with Crippen molar-refractivity contribution in [1.82, 2.24) is 9.38 Å². The summed E-state index contributed by atoms with van der Waals surface area (Å²) in [7, 11) is 0. The molecule has 1 N–H and O–H groups in total. The molecule has 0 spiro atoms. The van der Waals surface area contributed by atoms with Gasteiger partial charge in [0.05, 0.1) is 0 Å². The van der Waals surface area contributed by atoms with E-state index < -0.39 is 0 Å². The van der Waals surface area contributed by atoms with Crippen molar-refractivity contribution >= 4 is 11.4 Å². The van der Waals surface area contributed by atoms with Gasteiger partial charge < -0.3 is 9.61 Å². The third-order valence-corrected chi connectivity index (χ3v) is 1.88. The van der Waals surface area contributed by atoms with Gasteiger partial charge in [-0.1, -0.05) is 11.2 Å². The largest absolute Gasteiger partial charge is 0.411 e. The van der Waals surface area contributed by atoms with Gasteiger partial charge in [-0.15, -0.1) is 0 Å². The molecule has 0 radical (unpaired) electrons. The van der Waals surface area contributed by atoms with Crippen LogP contribution < -0.4 is 0 Å². The quantitative estimate of drug-likeness (QED) is 0.406. The summed E-state index contributed by atoms with van der Waals surface area (Å²) in [5.74, 6) is 0. The van der Waals surface area contributed by atoms with E-state index in [1.54, 1.807) is 6.92 Å². The maximum Gasteiger partial charge on any atom is 0.137 e. The molecule has 2 rings (SSSR count). The molecule has 4 nitrogen and oxygen atoms in total. The first-order chi connectivity index (χ1) is 6.31. The fourth-order valence-corrected chi connectivity index (χ4v) is 1.16. The zero-order valence-electron chi connectivity index (χ0n) is 7.18. The summed E-state index contributed by atoms with van der Waals surface area (Å²) in [4.78, 5) is 4.26. The van der Waals surface area contributed by atoms with Gasteiger partial charge in [-0.3, -0.25) is 0 Å². The van der Waals surface area contributed by atoms with Gasteiger partial charge in [-0.25, -0.2) is 4.98 Å². The standard InChI is InChI=1S/C9H9N3O/c1-7(11-13)8-6-12-5-3-2-4-9(12)10-8/h2-6,13H,1H3. The van der Waals surface area contributed by atoms with Crippen molar-refractivity contribution in [3.63, 3.8) is 0 Å². The third-order valence-electron chi connectivity index (χ3n) is 1.88. The van der Waals surface area contributed by atoms with Gasteiger partial charge in [0, 0.05) is 12.4 Å². The molecular weight excluding hydrogens is 166 g/mol. The van der Waals surface area contributed by atoms with E-state index in [4.69, 9.17) is 5.21 Å². The molecule has 0 unspecified atom stereocenters. The van der Waals surface area contributed by atoms with E-state index >= 15 is 0 Å². The maximum absolute atomic E-state index is 8.55. The minimum Gasteiger partial charge on any atom is -0.411 e. The van der Waals surface area contributed by atoms with E-state index in [1.807, 2.05) is 35.0 Å². The molecule has 0 aliphatic carbocycles. The molecule has 0 fully saturated rings. The lowest BCUT2D eigenvalue weighted by atomic mass is 10.3. The lowest BCUT2D eigenvalue weighted by Gasteiger charge is -1.87. The molecule has 2 heterocycles. The highest BCUT2D eigenvalue weighted by Gasteiger charge is 2.03. The Labute approximate surface area is 75.1 Å². The van der Waals surface area contributed by atoms with Crippen LogP contribution in [0.15, 0.2) is 35.7 Å². The molecule has 0 saturated carbocycles. The second-order valence-electron chi connectivity index (χ2n) is 2.78. The predicted molar refractivity (Wildman–Crippen MR) is 49.2 cm³/mol. The minimum absolute atomic E-state index is 0.517. The Balaban J connectivity index is 2.62. The van der Waals surface area contributed by atoms with Gasteiger partial charge in [0.15, 0.2) is 0 Å². The number of fused-ring (bicyclic) bond motifs is 1. The summed E-state index contributed by atoms with van der Waals surface area (Å²) in [6.45, 7) is 1.71. The van der Waals surface area contributed by atoms with E-state index in [1.165, 1.54) is 0 Å². The normalized spacial score (nSPS) is 12.2. The Morgan fingerprint density at radius 2 is 2.38 bits per heavy atom. The molecule has 0 bridgehead atoms. The molecule has 13 heavy (non-hydrogen) atoms. The molecule has 0 saturated heterocycles. The summed E-state index contributed by atoms with van der Waals surface area (Å²) in [6, 6.07) is 5.73. The van der Waals surface area contributed by atoms with Crippen LogP contribution in [0.2, 0.25) is 0 Å². The molecule has 66 valence electrons. The minimum atomic E-state index is 0.517. The van der Waals surface area contributed by atoms with Crippen molar-refractivity contribution in [3.8, 4) is 0 Å². The van der Waals surface area contributed by atoms with Gasteiger partial charge in [-0.2, -0.15) is 0 Å². The van der Waals surface area contributed by atoms with Crippen molar-refractivity contribution in [2.24, 2.45) is 5.16 Å². The number of imidazole rings is 1. The Bertz CT molecular complexity index is 426. The Morgan fingerprint density at radius 3 is 3.08 bits per heavy atom. The Kier molecular flexibility index (Phi) is 1.73. The van der Waals surface area contributed by atoms with Crippen molar-refractivity contribution in [2.45, 2.75) is 6.92 Å². The zero-order chi connectivity index (χ0) is 9.26. The van der Waals surface area contributed by atoms with E-state index in [-0.39, 0.29) is 0 Å². The molecular formula is C9H9N3O. The average molecular weight is 175 g/mol. The van der Waals surface area contributed by atoms with E-state index in [0.717, 1.165) is 5.65 Å². The summed E-state index contributed by atoms with van der Waals surface area (Å²) < 4.78 is 1.88. The van der Waals surface area contributed by atoms with Gasteiger partial charge in [-0.05, 0) is 19.1 Å². The van der Waals surface area contributed by atoms with Crippen molar-refractivity contribution in [1.29, 1.82) is 0 Å². The molecule has 2 aromatic rings. The fourth-order valence-electron chi connectivity index (χ4n) is 1.16. The summed E-state index contributed by atoms with van der Waals surface area (Å²) in [6.07, 6.45) is 3.72. The lowest BCUT2D eigenvalue weighted by molar-refractivity contribution is 0.319. The van der Waals surface area contributed by atoms with Gasteiger partial charge in [0.2, 0.25) is 0 Å². The number of rotatable bonds is 1. The third kappa shape index (κ3) is 1.26. The molecule has 4 heteroatoms. The molecule has 0 amide bonds. The van der Waals surface area contributed by atoms with Crippen LogP contribution in [0.25, 0.3) is 5.65 Å². The Morgan fingerprint density at radius 1 is 1.54 bits per heavy atom. The summed E-state index contributed by atoms with van der Waals surface area (Å²) in [5, 5.41) is 11.6. The van der Waals surface area contributed by atoms with Crippen LogP contribution in [0, 0.1) is 0 Å². The first-order valence-corrected chi connectivity index (χ1v) is 3.94. The monoisotopic (exact) mass is 175 g/mol. The second kappa shape index (κ2) is 2.90. The van der Waals surface area contributed by atoms with E-state index in [2.05, 4.69) is 10.1 Å². The van der Waals surface area contributed by atoms with E-state index in [9.17, 15) is 0 Å². The Hall–Kier alpha value is -1.84. The second-order valence-corrected chi connectivity index (χ2v) is 2.78. The number of pyridine rings is 1. The number of hydrogen-bond donors (Lipinski definition) is 1. The summed E-state index contributed by atoms with van der Waals surface area (Å²) in [5.41, 5.74) is 2.05. The van der Waals surface area contributed by atoms with Crippen molar-refractivity contribution in [2.75, 3.05) is 0 Å². The van der Waals surface area contributed by atoms with E-state index in [0.29, 0.717) is 11.4 Å². The highest BCUT2D eigenvalue weighted by Crippen LogP contribution is 2.04. The average Bonchev–Trinajstić information content (AvgIpc) is 2.59. The van der Waals surface area contributed by atoms with Gasteiger partial charge in [0.25, 0.3) is 0 Å². The van der Waals surface area contributed by atoms with Crippen LogP contribution in [-0.2, 0) is 0 Å². The molecule has 0 aliphatic rings. The highest BCUT2D eigenvalue weighted by atomic mass is 16.4. The van der Waals surface area contributed by atoms with Crippen molar-refractivity contribution < 1.29 is 5.21 Å². The number of nitrogens with zero attached hydrogens (tertiary/aromatic N) is 3. The lowest BCUT2D eigenvalue weighted by Crippen LogP contribution is -1.93. The smallest absolute Gasteiger partial charge is 0.137 e. The van der Waals surface area contributed by atoms with Crippen LogP contribution in [0.5, 0.6) is 0 Å². The van der Waals surface area contributed by atoms with Crippen LogP contribution >= 0.6 is 0 Å².